The van der Waals surface area contributed by atoms with Gasteiger partial charge in [-0.3, -0.25) is 14.5 Å². The van der Waals surface area contributed by atoms with E-state index in [-0.39, 0.29) is 18.2 Å². The van der Waals surface area contributed by atoms with Crippen LogP contribution in [0, 0.1) is 0 Å². The van der Waals surface area contributed by atoms with Gasteiger partial charge in [-0.05, 0) is 36.2 Å². The lowest BCUT2D eigenvalue weighted by atomic mass is 10.1. The number of nitrogens with zero attached hydrogens (tertiary/aromatic N) is 2. The summed E-state index contributed by atoms with van der Waals surface area (Å²) in [7, 11) is 3.20. The first-order valence-electron chi connectivity index (χ1n) is 9.17. The standard InChI is InChI=1S/C21H22ClN3O3S/c1-4-13-7-5-6-8-15(13)24-21-25(2)20(27)18(29-21)12-19(26)23-16-11-14(22)9-10-17(16)28-3/h5-11,18H,4,12H2,1-3H3,(H,23,26)/t18-/m0/s1. The summed E-state index contributed by atoms with van der Waals surface area (Å²) in [6.07, 6.45) is 0.876. The number of halogens is 1. The number of hydrogen-bond donors (Lipinski definition) is 1. The third kappa shape index (κ3) is 4.92. The molecule has 1 aliphatic rings. The first-order chi connectivity index (χ1) is 13.9. The number of anilines is 1. The minimum absolute atomic E-state index is 0.0257. The average molecular weight is 432 g/mol. The number of benzene rings is 2. The largest absolute Gasteiger partial charge is 0.495 e. The zero-order valence-electron chi connectivity index (χ0n) is 16.4. The highest BCUT2D eigenvalue weighted by molar-refractivity contribution is 8.15. The molecule has 8 heteroatoms. The Hall–Kier alpha value is -2.51. The zero-order valence-corrected chi connectivity index (χ0v) is 18.0. The van der Waals surface area contributed by atoms with Crippen molar-refractivity contribution in [2.45, 2.75) is 25.0 Å². The van der Waals surface area contributed by atoms with Crippen LogP contribution in [0.2, 0.25) is 5.02 Å². The van der Waals surface area contributed by atoms with Crippen LogP contribution >= 0.6 is 23.4 Å². The van der Waals surface area contributed by atoms with Gasteiger partial charge < -0.3 is 10.1 Å². The second-order valence-electron chi connectivity index (χ2n) is 6.48. The SMILES string of the molecule is CCc1ccccc1N=C1S[C@@H](CC(=O)Nc2cc(Cl)ccc2OC)C(=O)N1C. The van der Waals surface area contributed by atoms with Crippen LogP contribution in [0.5, 0.6) is 5.75 Å². The van der Waals surface area contributed by atoms with E-state index >= 15 is 0 Å². The van der Waals surface area contributed by atoms with Gasteiger partial charge in [0.05, 0.1) is 18.5 Å². The maximum atomic E-state index is 12.6. The zero-order chi connectivity index (χ0) is 21.0. The fourth-order valence-electron chi connectivity index (χ4n) is 2.97. The van der Waals surface area contributed by atoms with Gasteiger partial charge in [-0.15, -0.1) is 0 Å². The normalized spacial score (nSPS) is 17.7. The van der Waals surface area contributed by atoms with Crippen molar-refractivity contribution < 1.29 is 14.3 Å². The van der Waals surface area contributed by atoms with Crippen LogP contribution in [0.15, 0.2) is 47.5 Å². The third-order valence-electron chi connectivity index (χ3n) is 4.54. The number of nitrogens with one attached hydrogen (secondary N) is 1. The summed E-state index contributed by atoms with van der Waals surface area (Å²) in [4.78, 5) is 31.3. The van der Waals surface area contributed by atoms with Crippen LogP contribution in [-0.4, -0.2) is 41.3 Å². The summed E-state index contributed by atoms with van der Waals surface area (Å²) in [6, 6.07) is 12.8. The quantitative estimate of drug-likeness (QED) is 0.730. The van der Waals surface area contributed by atoms with Gasteiger partial charge in [-0.2, -0.15) is 0 Å². The van der Waals surface area contributed by atoms with Gasteiger partial charge in [-0.25, -0.2) is 4.99 Å². The third-order valence-corrected chi connectivity index (χ3v) is 6.00. The molecule has 0 radical (unpaired) electrons. The Labute approximate surface area is 179 Å². The van der Waals surface area contributed by atoms with E-state index in [1.54, 1.807) is 25.2 Å². The Morgan fingerprint density at radius 2 is 2.07 bits per heavy atom. The molecule has 0 unspecified atom stereocenters. The fraction of sp³-hybridized carbons (Fsp3) is 0.286. The number of aliphatic imine (C=N–C) groups is 1. The van der Waals surface area contributed by atoms with Crippen LogP contribution in [0.1, 0.15) is 18.9 Å². The molecule has 0 aliphatic carbocycles. The van der Waals surface area contributed by atoms with E-state index in [2.05, 4.69) is 17.2 Å². The highest BCUT2D eigenvalue weighted by Crippen LogP contribution is 2.33. The molecule has 6 nitrogen and oxygen atoms in total. The number of amides is 2. The molecule has 152 valence electrons. The van der Waals surface area contributed by atoms with Crippen LogP contribution < -0.4 is 10.1 Å². The summed E-state index contributed by atoms with van der Waals surface area (Å²) < 4.78 is 5.24. The molecule has 0 spiro atoms. The van der Waals surface area contributed by atoms with E-state index < -0.39 is 5.25 Å². The second kappa shape index (κ2) is 9.33. The van der Waals surface area contributed by atoms with E-state index in [9.17, 15) is 9.59 Å². The number of thioether (sulfide) groups is 1. The monoisotopic (exact) mass is 431 g/mol. The van der Waals surface area contributed by atoms with Crippen molar-refractivity contribution in [3.8, 4) is 5.75 Å². The number of carbonyl (C=O) groups is 2. The molecule has 1 saturated heterocycles. The van der Waals surface area contributed by atoms with Gasteiger partial charge in [0.15, 0.2) is 5.17 Å². The molecule has 3 rings (SSSR count). The molecule has 1 heterocycles. The van der Waals surface area contributed by atoms with Gasteiger partial charge in [0.2, 0.25) is 11.8 Å². The average Bonchev–Trinajstić information content (AvgIpc) is 2.96. The predicted octanol–water partition coefficient (Wildman–Crippen LogP) is 4.50. The van der Waals surface area contributed by atoms with E-state index in [4.69, 9.17) is 16.3 Å². The smallest absolute Gasteiger partial charge is 0.242 e. The van der Waals surface area contributed by atoms with E-state index in [1.165, 1.54) is 23.8 Å². The minimum atomic E-state index is -0.530. The van der Waals surface area contributed by atoms with Crippen molar-refractivity contribution in [3.05, 3.63) is 53.1 Å². The van der Waals surface area contributed by atoms with Crippen molar-refractivity contribution in [2.24, 2.45) is 4.99 Å². The summed E-state index contributed by atoms with van der Waals surface area (Å²) in [5.74, 6) is 0.0691. The fourth-order valence-corrected chi connectivity index (χ4v) is 4.29. The van der Waals surface area contributed by atoms with Crippen LogP contribution in [0.4, 0.5) is 11.4 Å². The number of hydrogen-bond acceptors (Lipinski definition) is 5. The Kier molecular flexibility index (Phi) is 6.82. The van der Waals surface area contributed by atoms with Crippen LogP contribution in [0.25, 0.3) is 0 Å². The number of amidine groups is 1. The number of aryl methyl sites for hydroxylation is 1. The van der Waals surface area contributed by atoms with Crippen molar-refractivity contribution in [3.63, 3.8) is 0 Å². The van der Waals surface area contributed by atoms with Crippen LogP contribution in [0.3, 0.4) is 0 Å². The number of carbonyl (C=O) groups excluding carboxylic acids is 2. The summed E-state index contributed by atoms with van der Waals surface area (Å²) in [5.41, 5.74) is 2.42. The first-order valence-corrected chi connectivity index (χ1v) is 10.4. The van der Waals surface area contributed by atoms with Crippen LogP contribution in [-0.2, 0) is 16.0 Å². The molecule has 1 fully saturated rings. The van der Waals surface area contributed by atoms with Gasteiger partial charge in [0, 0.05) is 18.5 Å². The number of para-hydroxylation sites is 1. The summed E-state index contributed by atoms with van der Waals surface area (Å²) >= 11 is 7.30. The Balaban J connectivity index is 1.72. The van der Waals surface area contributed by atoms with E-state index in [0.717, 1.165) is 17.7 Å². The highest BCUT2D eigenvalue weighted by atomic mass is 35.5. The molecular formula is C21H22ClN3O3S. The first kappa shape index (κ1) is 21.2. The molecule has 2 aromatic carbocycles. The molecule has 2 amide bonds. The maximum absolute atomic E-state index is 12.6. The molecule has 0 aromatic heterocycles. The van der Waals surface area contributed by atoms with Gasteiger partial charge in [0.1, 0.15) is 11.0 Å². The van der Waals surface area contributed by atoms with Gasteiger partial charge >= 0.3 is 0 Å². The van der Waals surface area contributed by atoms with E-state index in [0.29, 0.717) is 21.6 Å². The number of ether oxygens (including phenoxy) is 1. The van der Waals surface area contributed by atoms with E-state index in [1.807, 2.05) is 24.3 Å². The Morgan fingerprint density at radius 3 is 2.79 bits per heavy atom. The lowest BCUT2D eigenvalue weighted by Gasteiger charge is -2.12. The molecule has 29 heavy (non-hydrogen) atoms. The highest BCUT2D eigenvalue weighted by Gasteiger charge is 2.37. The molecule has 0 saturated carbocycles. The number of methoxy groups -OCH3 is 1. The molecule has 2 aromatic rings. The van der Waals surface area contributed by atoms with Crippen molar-refractivity contribution in [1.29, 1.82) is 0 Å². The second-order valence-corrected chi connectivity index (χ2v) is 8.08. The molecule has 1 atom stereocenters. The molecule has 1 aliphatic heterocycles. The predicted molar refractivity (Wildman–Crippen MR) is 118 cm³/mol. The Morgan fingerprint density at radius 1 is 1.31 bits per heavy atom. The minimum Gasteiger partial charge on any atom is -0.495 e. The molecule has 0 bridgehead atoms. The summed E-state index contributed by atoms with van der Waals surface area (Å²) in [6.45, 7) is 2.06. The number of rotatable bonds is 6. The molecule has 1 N–H and O–H groups in total. The van der Waals surface area contributed by atoms with Crippen molar-refractivity contribution >= 4 is 51.7 Å². The lowest BCUT2D eigenvalue weighted by Crippen LogP contribution is -2.30. The maximum Gasteiger partial charge on any atom is 0.242 e. The van der Waals surface area contributed by atoms with Crippen molar-refractivity contribution in [1.82, 2.24) is 4.90 Å². The van der Waals surface area contributed by atoms with Crippen molar-refractivity contribution in [2.75, 3.05) is 19.5 Å². The lowest BCUT2D eigenvalue weighted by molar-refractivity contribution is -0.127. The van der Waals surface area contributed by atoms with Gasteiger partial charge in [0.25, 0.3) is 0 Å². The Bertz CT molecular complexity index is 964. The molecular weight excluding hydrogens is 410 g/mol. The topological polar surface area (TPSA) is 71.0 Å². The van der Waals surface area contributed by atoms with Gasteiger partial charge in [-0.1, -0.05) is 48.5 Å². The summed E-state index contributed by atoms with van der Waals surface area (Å²) in [5, 5.41) is 3.32.